The largest absolute Gasteiger partial charge is 0.398 e. The Morgan fingerprint density at radius 1 is 1.19 bits per heavy atom. The van der Waals surface area contributed by atoms with Crippen molar-refractivity contribution in [1.29, 1.82) is 0 Å². The summed E-state index contributed by atoms with van der Waals surface area (Å²) in [5, 5.41) is 3.88. The highest BCUT2D eigenvalue weighted by Crippen LogP contribution is 2.20. The highest BCUT2D eigenvalue weighted by Gasteiger charge is 2.11. The van der Waals surface area contributed by atoms with Crippen LogP contribution in [-0.2, 0) is 0 Å². The van der Waals surface area contributed by atoms with Crippen LogP contribution < -0.4 is 11.1 Å². The van der Waals surface area contributed by atoms with Crippen molar-refractivity contribution in [3.8, 4) is 0 Å². The Morgan fingerprint density at radius 3 is 2.76 bits per heavy atom. The van der Waals surface area contributed by atoms with E-state index in [1.807, 2.05) is 24.3 Å². The van der Waals surface area contributed by atoms with E-state index in [4.69, 9.17) is 17.3 Å². The molecule has 3 rings (SSSR count). The van der Waals surface area contributed by atoms with Crippen molar-refractivity contribution in [3.63, 3.8) is 0 Å². The number of hydrogen-bond donors (Lipinski definition) is 2. The molecule has 2 heterocycles. The van der Waals surface area contributed by atoms with Crippen molar-refractivity contribution in [2.45, 2.75) is 0 Å². The van der Waals surface area contributed by atoms with Crippen molar-refractivity contribution in [2.24, 2.45) is 0 Å². The SMILES string of the molecule is Nc1cc(C(=O)Nc2ccc(Cl)nc2)nc2ccccc12. The first-order valence-corrected chi connectivity index (χ1v) is 6.59. The number of aromatic nitrogens is 2. The van der Waals surface area contributed by atoms with Crippen molar-refractivity contribution in [1.82, 2.24) is 9.97 Å². The number of carbonyl (C=O) groups excluding carboxylic acids is 1. The molecule has 1 amide bonds. The average molecular weight is 299 g/mol. The van der Waals surface area contributed by atoms with E-state index in [1.165, 1.54) is 6.20 Å². The molecule has 5 nitrogen and oxygen atoms in total. The van der Waals surface area contributed by atoms with Crippen LogP contribution in [0.2, 0.25) is 5.15 Å². The third-order valence-electron chi connectivity index (χ3n) is 2.97. The highest BCUT2D eigenvalue weighted by molar-refractivity contribution is 6.29. The first-order valence-electron chi connectivity index (χ1n) is 6.21. The minimum Gasteiger partial charge on any atom is -0.398 e. The standard InChI is InChI=1S/C15H11ClN4O/c16-14-6-5-9(8-18-14)19-15(21)13-7-11(17)10-3-1-2-4-12(10)20-13/h1-8H,(H2,17,20)(H,19,21). The quantitative estimate of drug-likeness (QED) is 0.712. The van der Waals surface area contributed by atoms with E-state index in [0.717, 1.165) is 5.39 Å². The smallest absolute Gasteiger partial charge is 0.274 e. The highest BCUT2D eigenvalue weighted by atomic mass is 35.5. The molecule has 0 saturated heterocycles. The minimum absolute atomic E-state index is 0.251. The number of anilines is 2. The summed E-state index contributed by atoms with van der Waals surface area (Å²) in [6.07, 6.45) is 1.48. The summed E-state index contributed by atoms with van der Waals surface area (Å²) in [6.45, 7) is 0. The van der Waals surface area contributed by atoms with Crippen LogP contribution in [0.25, 0.3) is 10.9 Å². The van der Waals surface area contributed by atoms with Gasteiger partial charge in [0.15, 0.2) is 0 Å². The van der Waals surface area contributed by atoms with Gasteiger partial charge in [0.2, 0.25) is 0 Å². The normalized spacial score (nSPS) is 10.5. The van der Waals surface area contributed by atoms with Gasteiger partial charge in [-0.3, -0.25) is 4.79 Å². The van der Waals surface area contributed by atoms with Gasteiger partial charge in [-0.25, -0.2) is 9.97 Å². The number of halogens is 1. The summed E-state index contributed by atoms with van der Waals surface area (Å²) in [5.74, 6) is -0.350. The lowest BCUT2D eigenvalue weighted by molar-refractivity contribution is 0.102. The van der Waals surface area contributed by atoms with Crippen molar-refractivity contribution < 1.29 is 4.79 Å². The molecule has 2 aromatic heterocycles. The zero-order valence-electron chi connectivity index (χ0n) is 10.9. The minimum atomic E-state index is -0.350. The lowest BCUT2D eigenvalue weighted by Gasteiger charge is -2.07. The molecule has 1 aromatic carbocycles. The predicted octanol–water partition coefficient (Wildman–Crippen LogP) is 3.12. The fourth-order valence-corrected chi connectivity index (χ4v) is 2.08. The number of nitrogens with one attached hydrogen (secondary N) is 1. The number of rotatable bonds is 2. The van der Waals surface area contributed by atoms with Crippen LogP contribution >= 0.6 is 11.6 Å². The monoisotopic (exact) mass is 298 g/mol. The summed E-state index contributed by atoms with van der Waals surface area (Å²) >= 11 is 5.70. The Labute approximate surface area is 125 Å². The third-order valence-corrected chi connectivity index (χ3v) is 3.19. The molecular formula is C15H11ClN4O. The van der Waals surface area contributed by atoms with Crippen LogP contribution in [-0.4, -0.2) is 15.9 Å². The first-order chi connectivity index (χ1) is 10.1. The number of nitrogens with two attached hydrogens (primary N) is 1. The van der Waals surface area contributed by atoms with Gasteiger partial charge in [0.05, 0.1) is 17.4 Å². The molecule has 6 heteroatoms. The fourth-order valence-electron chi connectivity index (χ4n) is 1.96. The lowest BCUT2D eigenvalue weighted by Crippen LogP contribution is -2.14. The van der Waals surface area contributed by atoms with Gasteiger partial charge in [-0.1, -0.05) is 29.8 Å². The van der Waals surface area contributed by atoms with Gasteiger partial charge < -0.3 is 11.1 Å². The number of nitrogen functional groups attached to an aromatic ring is 1. The topological polar surface area (TPSA) is 80.9 Å². The molecule has 0 aliphatic rings. The number of para-hydroxylation sites is 1. The summed E-state index contributed by atoms with van der Waals surface area (Å²) < 4.78 is 0. The average Bonchev–Trinajstić information content (AvgIpc) is 2.49. The molecule has 0 bridgehead atoms. The van der Waals surface area contributed by atoms with Gasteiger partial charge in [0, 0.05) is 11.1 Å². The Kier molecular flexibility index (Phi) is 3.41. The van der Waals surface area contributed by atoms with Gasteiger partial charge in [0.1, 0.15) is 10.8 Å². The molecule has 0 saturated carbocycles. The molecule has 21 heavy (non-hydrogen) atoms. The van der Waals surface area contributed by atoms with E-state index in [-0.39, 0.29) is 11.6 Å². The molecule has 0 unspecified atom stereocenters. The maximum absolute atomic E-state index is 12.2. The van der Waals surface area contributed by atoms with E-state index in [9.17, 15) is 4.79 Å². The van der Waals surface area contributed by atoms with Crippen LogP contribution in [0, 0.1) is 0 Å². The number of hydrogen-bond acceptors (Lipinski definition) is 4. The molecule has 0 atom stereocenters. The van der Waals surface area contributed by atoms with Crippen molar-refractivity contribution in [3.05, 3.63) is 59.5 Å². The maximum atomic E-state index is 12.2. The molecule has 0 aliphatic heterocycles. The summed E-state index contributed by atoms with van der Waals surface area (Å²) in [4.78, 5) is 20.4. The van der Waals surface area contributed by atoms with E-state index in [1.54, 1.807) is 18.2 Å². The Bertz CT molecular complexity index is 818. The maximum Gasteiger partial charge on any atom is 0.274 e. The van der Waals surface area contributed by atoms with Gasteiger partial charge in [-0.05, 0) is 24.3 Å². The molecule has 104 valence electrons. The van der Waals surface area contributed by atoms with Crippen LogP contribution in [0.4, 0.5) is 11.4 Å². The zero-order chi connectivity index (χ0) is 14.8. The fraction of sp³-hybridized carbons (Fsp3) is 0. The molecule has 0 fully saturated rings. The summed E-state index contributed by atoms with van der Waals surface area (Å²) in [7, 11) is 0. The molecule has 0 spiro atoms. The van der Waals surface area contributed by atoms with Crippen LogP contribution in [0.1, 0.15) is 10.5 Å². The van der Waals surface area contributed by atoms with Crippen molar-refractivity contribution >= 4 is 39.8 Å². The second-order valence-electron chi connectivity index (χ2n) is 4.44. The van der Waals surface area contributed by atoms with E-state index in [0.29, 0.717) is 22.0 Å². The Balaban J connectivity index is 1.92. The van der Waals surface area contributed by atoms with Crippen molar-refractivity contribution in [2.75, 3.05) is 11.1 Å². The third kappa shape index (κ3) is 2.78. The van der Waals surface area contributed by atoms with E-state index >= 15 is 0 Å². The van der Waals surface area contributed by atoms with E-state index < -0.39 is 0 Å². The Hall–Kier alpha value is -2.66. The van der Waals surface area contributed by atoms with Gasteiger partial charge >= 0.3 is 0 Å². The number of pyridine rings is 2. The molecule has 0 radical (unpaired) electrons. The molecule has 3 N–H and O–H groups in total. The number of amides is 1. The lowest BCUT2D eigenvalue weighted by atomic mass is 10.1. The molecule has 0 aliphatic carbocycles. The van der Waals surface area contributed by atoms with E-state index in [2.05, 4.69) is 15.3 Å². The summed E-state index contributed by atoms with van der Waals surface area (Å²) in [5.41, 5.74) is 7.94. The Morgan fingerprint density at radius 2 is 2.00 bits per heavy atom. The predicted molar refractivity (Wildman–Crippen MR) is 83.4 cm³/mol. The molecular weight excluding hydrogens is 288 g/mol. The van der Waals surface area contributed by atoms with Gasteiger partial charge in [-0.15, -0.1) is 0 Å². The van der Waals surface area contributed by atoms with Crippen LogP contribution in [0.15, 0.2) is 48.7 Å². The first kappa shape index (κ1) is 13.3. The molecule has 3 aromatic rings. The number of nitrogens with zero attached hydrogens (tertiary/aromatic N) is 2. The zero-order valence-corrected chi connectivity index (χ0v) is 11.6. The second kappa shape index (κ2) is 5.38. The van der Waals surface area contributed by atoms with Crippen LogP contribution in [0.3, 0.4) is 0 Å². The van der Waals surface area contributed by atoms with Gasteiger partial charge in [-0.2, -0.15) is 0 Å². The summed E-state index contributed by atoms with van der Waals surface area (Å²) in [6, 6.07) is 12.2. The number of fused-ring (bicyclic) bond motifs is 1. The van der Waals surface area contributed by atoms with Crippen LogP contribution in [0.5, 0.6) is 0 Å². The number of carbonyl (C=O) groups is 1. The van der Waals surface area contributed by atoms with Gasteiger partial charge in [0.25, 0.3) is 5.91 Å². The second-order valence-corrected chi connectivity index (χ2v) is 4.82. The number of benzene rings is 1.